The van der Waals surface area contributed by atoms with Gasteiger partial charge in [-0.2, -0.15) is 0 Å². The number of benzene rings is 5. The predicted molar refractivity (Wildman–Crippen MR) is 286 cm³/mol. The predicted octanol–water partition coefficient (Wildman–Crippen LogP) is 16.0. The van der Waals surface area contributed by atoms with Gasteiger partial charge in [-0.05, 0) is 128 Å². The molecule has 5 aromatic carbocycles. The third-order valence-corrected chi connectivity index (χ3v) is 14.0. The molecule has 10 rings (SSSR count). The van der Waals surface area contributed by atoms with Crippen molar-refractivity contribution >= 4 is 57.1 Å². The van der Waals surface area contributed by atoms with E-state index in [1.807, 2.05) is 12.1 Å². The monoisotopic (exact) mass is 892 g/mol. The summed E-state index contributed by atoms with van der Waals surface area (Å²) in [5, 5.41) is 23.5. The van der Waals surface area contributed by atoms with Crippen LogP contribution in [0.15, 0.2) is 121 Å². The number of hydrogen-bond acceptors (Lipinski definition) is 4. The normalized spacial score (nSPS) is 12.5. The Morgan fingerprint density at radius 3 is 0.926 bits per heavy atom. The third-order valence-electron chi connectivity index (χ3n) is 14.0. The van der Waals surface area contributed by atoms with E-state index < -0.39 is 0 Å². The first-order valence-corrected chi connectivity index (χ1v) is 24.2. The second kappa shape index (κ2) is 18.2. The summed E-state index contributed by atoms with van der Waals surface area (Å²) in [6.07, 6.45) is 8.57. The number of aromatic amines is 2. The molecule has 68 heavy (non-hydrogen) atoms. The summed E-state index contributed by atoms with van der Waals surface area (Å²) in [4.78, 5) is 19.2. The average Bonchev–Trinajstić information content (AvgIpc) is 4.19. The molecule has 340 valence electrons. The number of hydrogen-bond donors (Lipinski definition) is 4. The molecule has 4 N–H and O–H groups in total. The molecule has 0 unspecified atom stereocenters. The van der Waals surface area contributed by atoms with E-state index in [0.717, 1.165) is 100 Å². The van der Waals surface area contributed by atoms with E-state index in [1.165, 1.54) is 22.3 Å². The Morgan fingerprint density at radius 1 is 0.368 bits per heavy atom. The van der Waals surface area contributed by atoms with Crippen LogP contribution in [0.4, 0.5) is 0 Å². The maximum atomic E-state index is 10.8. The minimum Gasteiger partial charge on any atom is -0.392 e. The van der Waals surface area contributed by atoms with Crippen LogP contribution in [0.25, 0.3) is 102 Å². The summed E-state index contributed by atoms with van der Waals surface area (Å²) in [5.41, 5.74) is 21.4. The maximum absolute atomic E-state index is 10.8. The number of rotatable bonds is 10. The van der Waals surface area contributed by atoms with Crippen molar-refractivity contribution in [3.05, 3.63) is 177 Å². The first-order valence-electron chi connectivity index (χ1n) is 24.2. The Morgan fingerprint density at radius 2 is 0.647 bits per heavy atom. The first-order chi connectivity index (χ1) is 32.9. The summed E-state index contributed by atoms with van der Waals surface area (Å²) < 4.78 is 0. The van der Waals surface area contributed by atoms with Crippen molar-refractivity contribution in [2.45, 2.75) is 92.3 Å². The lowest BCUT2D eigenvalue weighted by Crippen LogP contribution is -1.94. The van der Waals surface area contributed by atoms with Crippen LogP contribution in [-0.4, -0.2) is 30.1 Å². The number of nitrogens with zero attached hydrogens (tertiary/aromatic N) is 2. The number of aliphatic hydroxyl groups is 2. The number of aliphatic hydroxyl groups excluding tert-OH is 2. The lowest BCUT2D eigenvalue weighted by molar-refractivity contribution is 0.260. The quantitative estimate of drug-likeness (QED) is 0.110. The van der Waals surface area contributed by atoms with Crippen LogP contribution in [0.3, 0.4) is 0 Å². The smallest absolute Gasteiger partial charge is 0.0737 e. The fraction of sp³-hybridized carbons (Fsp3) is 0.226. The zero-order valence-electron chi connectivity index (χ0n) is 40.4. The molecule has 8 bridgehead atoms. The molecule has 6 nitrogen and oxygen atoms in total. The van der Waals surface area contributed by atoms with Crippen LogP contribution in [-0.2, 0) is 13.2 Å². The highest BCUT2D eigenvalue weighted by Gasteiger charge is 2.23. The van der Waals surface area contributed by atoms with Gasteiger partial charge in [0.15, 0.2) is 0 Å². The third kappa shape index (κ3) is 8.12. The molecular formula is C62H60N4O2. The molecule has 0 atom stereocenters. The molecular weight excluding hydrogens is 833 g/mol. The van der Waals surface area contributed by atoms with Gasteiger partial charge >= 0.3 is 0 Å². The summed E-state index contributed by atoms with van der Waals surface area (Å²) in [7, 11) is 0. The van der Waals surface area contributed by atoms with Gasteiger partial charge in [-0.25, -0.2) is 9.97 Å². The van der Waals surface area contributed by atoms with Crippen molar-refractivity contribution in [2.24, 2.45) is 0 Å². The van der Waals surface area contributed by atoms with E-state index in [-0.39, 0.29) is 13.2 Å². The van der Waals surface area contributed by atoms with E-state index in [0.29, 0.717) is 34.8 Å². The summed E-state index contributed by atoms with van der Waals surface area (Å²) in [6, 6.07) is 43.9. The van der Waals surface area contributed by atoms with Crippen molar-refractivity contribution < 1.29 is 10.2 Å². The Kier molecular flexibility index (Phi) is 11.9. The molecule has 0 saturated heterocycles. The van der Waals surface area contributed by atoms with Crippen LogP contribution in [0.1, 0.15) is 135 Å². The number of fused-ring (bicyclic) bond motifs is 11. The zero-order chi connectivity index (χ0) is 47.4. The second-order valence-electron chi connectivity index (χ2n) is 19.7. The van der Waals surface area contributed by atoms with Gasteiger partial charge in [-0.1, -0.05) is 152 Å². The molecule has 8 aromatic rings. The highest BCUT2D eigenvalue weighted by molar-refractivity contribution is 6.17. The van der Waals surface area contributed by atoms with Gasteiger partial charge < -0.3 is 20.2 Å². The fourth-order valence-corrected chi connectivity index (χ4v) is 9.88. The van der Waals surface area contributed by atoms with Crippen molar-refractivity contribution in [3.63, 3.8) is 0 Å². The summed E-state index contributed by atoms with van der Waals surface area (Å²) >= 11 is 0. The Hall–Kier alpha value is -7.12. The molecule has 2 aliphatic heterocycles. The minimum atomic E-state index is -0.216. The number of nitrogens with one attached hydrogen (secondary N) is 2. The van der Waals surface area contributed by atoms with Gasteiger partial charge in [0, 0.05) is 44.1 Å². The zero-order valence-corrected chi connectivity index (χ0v) is 40.4. The van der Waals surface area contributed by atoms with E-state index in [1.54, 1.807) is 0 Å². The largest absolute Gasteiger partial charge is 0.392 e. The molecule has 0 fully saturated rings. The van der Waals surface area contributed by atoms with Crippen LogP contribution >= 0.6 is 0 Å². The number of aromatic nitrogens is 4. The van der Waals surface area contributed by atoms with Crippen LogP contribution < -0.4 is 0 Å². The maximum Gasteiger partial charge on any atom is 0.0737 e. The van der Waals surface area contributed by atoms with Gasteiger partial charge in [0.05, 0.1) is 47.0 Å². The van der Waals surface area contributed by atoms with Crippen molar-refractivity contribution in [1.82, 2.24) is 19.9 Å². The van der Waals surface area contributed by atoms with Crippen LogP contribution in [0.2, 0.25) is 0 Å². The molecule has 0 spiro atoms. The molecule has 3 aromatic heterocycles. The molecule has 0 amide bonds. The highest BCUT2D eigenvalue weighted by Crippen LogP contribution is 2.43. The fourth-order valence-electron chi connectivity index (χ4n) is 9.88. The van der Waals surface area contributed by atoms with Gasteiger partial charge in [0.1, 0.15) is 0 Å². The second-order valence-corrected chi connectivity index (χ2v) is 19.7. The lowest BCUT2D eigenvalue weighted by atomic mass is 9.95. The van der Waals surface area contributed by atoms with Gasteiger partial charge in [-0.3, -0.25) is 0 Å². The van der Waals surface area contributed by atoms with E-state index >= 15 is 0 Å². The van der Waals surface area contributed by atoms with Crippen molar-refractivity contribution in [3.8, 4) is 44.5 Å². The topological polar surface area (TPSA) is 97.8 Å². The Bertz CT molecular complexity index is 3210. The molecule has 5 heterocycles. The minimum absolute atomic E-state index is 0.216. The summed E-state index contributed by atoms with van der Waals surface area (Å²) in [5.74, 6) is 1.51. The van der Waals surface area contributed by atoms with E-state index in [9.17, 15) is 10.2 Å². The SMILES string of the molecule is CC(C)c1ccc(-c2c3nc(c(-c4ccc(C(C)C)cc4)c4[nH]c(c(-c5ccc(C(C)C)cc5)c5nc(c(-c6ccc(C(C)C)cc6)c6ccc2[nH]6)C=C5)c2cc(CO)c(CO)cc42)C=C3)cc1. The highest BCUT2D eigenvalue weighted by atomic mass is 16.3. The molecule has 0 saturated carbocycles. The van der Waals surface area contributed by atoms with Crippen molar-refractivity contribution in [1.29, 1.82) is 0 Å². The van der Waals surface area contributed by atoms with Gasteiger partial charge in [0.25, 0.3) is 0 Å². The Labute approximate surface area is 399 Å². The molecule has 2 aliphatic rings. The standard InChI is InChI=1S/C62H60N4O2/c1-35(2)39-9-17-43(18-10-39)57-51-25-26-52(63-51)58(44-19-11-40(12-20-44)36(3)4)54-28-30-56(65-54)60(46-23-15-42(16-24-46)38(7)8)62-50-32-48(34-68)47(33-67)31-49(50)61(66-62)59(55-29-27-53(57)64-55)45-21-13-41(14-22-45)37(5)6/h9-32,35-38,63,66-68H,33-34H2,1-8H3. The molecule has 0 radical (unpaired) electrons. The molecule has 0 aliphatic carbocycles. The van der Waals surface area contributed by atoms with Crippen molar-refractivity contribution in [2.75, 3.05) is 0 Å². The Balaban J connectivity index is 1.44. The lowest BCUT2D eigenvalue weighted by Gasteiger charge is -2.10. The summed E-state index contributed by atoms with van der Waals surface area (Å²) in [6.45, 7) is 17.3. The van der Waals surface area contributed by atoms with Crippen LogP contribution in [0, 0.1) is 0 Å². The first kappa shape index (κ1) is 44.7. The van der Waals surface area contributed by atoms with Gasteiger partial charge in [0.2, 0.25) is 0 Å². The van der Waals surface area contributed by atoms with E-state index in [4.69, 9.17) is 9.97 Å². The van der Waals surface area contributed by atoms with E-state index in [2.05, 4.69) is 199 Å². The average molecular weight is 893 g/mol. The van der Waals surface area contributed by atoms with Crippen LogP contribution in [0.5, 0.6) is 0 Å². The number of H-pyrrole nitrogens is 2. The van der Waals surface area contributed by atoms with Gasteiger partial charge in [-0.15, -0.1) is 0 Å². The molecule has 6 heteroatoms.